The third-order valence-electron chi connectivity index (χ3n) is 3.56. The van der Waals surface area contributed by atoms with Gasteiger partial charge in [-0.3, -0.25) is 14.2 Å². The summed E-state index contributed by atoms with van der Waals surface area (Å²) < 4.78 is 5.98. The van der Waals surface area contributed by atoms with E-state index in [1.54, 1.807) is 11.0 Å². The van der Waals surface area contributed by atoms with Crippen LogP contribution in [0.2, 0.25) is 0 Å². The molecular weight excluding hydrogens is 262 g/mol. The highest BCUT2D eigenvalue weighted by Crippen LogP contribution is 2.24. The van der Waals surface area contributed by atoms with Gasteiger partial charge >= 0.3 is 11.7 Å². The van der Waals surface area contributed by atoms with Gasteiger partial charge in [0.1, 0.15) is 6.54 Å². The van der Waals surface area contributed by atoms with Crippen molar-refractivity contribution >= 4 is 11.9 Å². The van der Waals surface area contributed by atoms with Crippen LogP contribution in [0, 0.1) is 11.8 Å². The number of rotatable bonds is 3. The van der Waals surface area contributed by atoms with E-state index in [1.165, 1.54) is 24.1 Å². The quantitative estimate of drug-likeness (QED) is 0.697. The molecule has 1 aliphatic rings. The van der Waals surface area contributed by atoms with E-state index < -0.39 is 5.69 Å². The molecule has 0 spiro atoms. The summed E-state index contributed by atoms with van der Waals surface area (Å²) in [7, 11) is 1.34. The summed E-state index contributed by atoms with van der Waals surface area (Å²) in [5.41, 5.74) is -0.461. The van der Waals surface area contributed by atoms with Gasteiger partial charge in [0.05, 0.1) is 13.0 Å². The van der Waals surface area contributed by atoms with Crippen LogP contribution < -0.4 is 5.69 Å². The Balaban J connectivity index is 2.03. The van der Waals surface area contributed by atoms with Crippen molar-refractivity contribution in [3.63, 3.8) is 0 Å². The molecule has 1 aliphatic heterocycles. The third kappa shape index (κ3) is 2.87. The van der Waals surface area contributed by atoms with Gasteiger partial charge in [-0.25, -0.2) is 9.78 Å². The van der Waals surface area contributed by atoms with Gasteiger partial charge in [0.2, 0.25) is 5.91 Å². The van der Waals surface area contributed by atoms with Crippen molar-refractivity contribution in [1.82, 2.24) is 14.5 Å². The molecule has 1 fully saturated rings. The second-order valence-electron chi connectivity index (χ2n) is 4.94. The van der Waals surface area contributed by atoms with Gasteiger partial charge in [-0.1, -0.05) is 6.92 Å². The number of ether oxygens (including phenoxy) is 1. The van der Waals surface area contributed by atoms with Gasteiger partial charge in [-0.05, 0) is 12.0 Å². The molecule has 1 aromatic heterocycles. The van der Waals surface area contributed by atoms with Crippen molar-refractivity contribution in [2.45, 2.75) is 13.5 Å². The lowest BCUT2D eigenvalue weighted by Gasteiger charge is -2.16. The summed E-state index contributed by atoms with van der Waals surface area (Å²) >= 11 is 0. The van der Waals surface area contributed by atoms with Crippen molar-refractivity contribution in [3.05, 3.63) is 28.9 Å². The van der Waals surface area contributed by atoms with Crippen molar-refractivity contribution in [3.8, 4) is 0 Å². The van der Waals surface area contributed by atoms with Crippen molar-refractivity contribution in [1.29, 1.82) is 0 Å². The normalized spacial score (nSPS) is 21.8. The molecule has 20 heavy (non-hydrogen) atoms. The molecular formula is C13H17N3O4. The molecule has 1 aromatic rings. The Kier molecular flexibility index (Phi) is 4.16. The predicted octanol–water partition coefficient (Wildman–Crippen LogP) is -0.489. The van der Waals surface area contributed by atoms with Gasteiger partial charge in [0.25, 0.3) is 0 Å². The first-order valence-electron chi connectivity index (χ1n) is 6.40. The van der Waals surface area contributed by atoms with Crippen molar-refractivity contribution < 1.29 is 14.3 Å². The lowest BCUT2D eigenvalue weighted by Crippen LogP contribution is -2.36. The minimum absolute atomic E-state index is 0.0528. The SMILES string of the molecule is COC(=O)C1CN(C(=O)Cn2cccnc2=O)CC1C. The van der Waals surface area contributed by atoms with Crippen molar-refractivity contribution in [2.24, 2.45) is 11.8 Å². The first kappa shape index (κ1) is 14.2. The largest absolute Gasteiger partial charge is 0.469 e. The van der Waals surface area contributed by atoms with Gasteiger partial charge in [-0.2, -0.15) is 0 Å². The van der Waals surface area contributed by atoms with E-state index in [9.17, 15) is 14.4 Å². The molecule has 2 unspecified atom stereocenters. The number of aromatic nitrogens is 2. The lowest BCUT2D eigenvalue weighted by atomic mass is 9.99. The number of hydrogen-bond acceptors (Lipinski definition) is 5. The number of amides is 1. The van der Waals surface area contributed by atoms with Crippen LogP contribution in [0.25, 0.3) is 0 Å². The summed E-state index contributed by atoms with van der Waals surface area (Å²) in [5.74, 6) is -0.740. The molecule has 1 saturated heterocycles. The van der Waals surface area contributed by atoms with Crippen LogP contribution in [-0.2, 0) is 20.9 Å². The summed E-state index contributed by atoms with van der Waals surface area (Å²) in [5, 5.41) is 0. The summed E-state index contributed by atoms with van der Waals surface area (Å²) in [6.07, 6.45) is 2.90. The van der Waals surface area contributed by atoms with E-state index in [-0.39, 0.29) is 30.3 Å². The molecule has 0 aliphatic carbocycles. The fourth-order valence-corrected chi connectivity index (χ4v) is 2.38. The number of carbonyl (C=O) groups excluding carboxylic acids is 2. The Labute approximate surface area is 116 Å². The van der Waals surface area contributed by atoms with Crippen LogP contribution in [0.15, 0.2) is 23.3 Å². The van der Waals surface area contributed by atoms with Crippen LogP contribution in [0.4, 0.5) is 0 Å². The maximum absolute atomic E-state index is 12.2. The monoisotopic (exact) mass is 279 g/mol. The Morgan fingerprint density at radius 2 is 2.20 bits per heavy atom. The van der Waals surface area contributed by atoms with Crippen molar-refractivity contribution in [2.75, 3.05) is 20.2 Å². The fraction of sp³-hybridized carbons (Fsp3) is 0.538. The average molecular weight is 279 g/mol. The van der Waals surface area contributed by atoms with Crippen LogP contribution in [-0.4, -0.2) is 46.5 Å². The zero-order valence-electron chi connectivity index (χ0n) is 11.5. The number of nitrogens with zero attached hydrogens (tertiary/aromatic N) is 3. The van der Waals surface area contributed by atoms with Gasteiger partial charge in [0.15, 0.2) is 0 Å². The van der Waals surface area contributed by atoms with Gasteiger partial charge in [0, 0.05) is 25.5 Å². The topological polar surface area (TPSA) is 81.5 Å². The van der Waals surface area contributed by atoms with Crippen LogP contribution in [0.5, 0.6) is 0 Å². The molecule has 2 atom stereocenters. The van der Waals surface area contributed by atoms with E-state index in [0.717, 1.165) is 0 Å². The maximum Gasteiger partial charge on any atom is 0.347 e. The second kappa shape index (κ2) is 5.85. The second-order valence-corrected chi connectivity index (χ2v) is 4.94. The number of esters is 1. The first-order valence-corrected chi connectivity index (χ1v) is 6.40. The Morgan fingerprint density at radius 3 is 2.85 bits per heavy atom. The minimum atomic E-state index is -0.461. The molecule has 1 amide bonds. The zero-order chi connectivity index (χ0) is 14.7. The number of carbonyl (C=O) groups is 2. The molecule has 7 nitrogen and oxygen atoms in total. The highest BCUT2D eigenvalue weighted by atomic mass is 16.5. The van der Waals surface area contributed by atoms with E-state index >= 15 is 0 Å². The number of likely N-dealkylation sites (tertiary alicyclic amines) is 1. The number of hydrogen-bond donors (Lipinski definition) is 0. The molecule has 0 aromatic carbocycles. The lowest BCUT2D eigenvalue weighted by molar-refractivity contribution is -0.146. The highest BCUT2D eigenvalue weighted by Gasteiger charge is 2.37. The molecule has 2 rings (SSSR count). The molecule has 2 heterocycles. The summed E-state index contributed by atoms with van der Waals surface area (Å²) in [6, 6.07) is 1.60. The fourth-order valence-electron chi connectivity index (χ4n) is 2.38. The Hall–Kier alpha value is -2.18. The molecule has 0 bridgehead atoms. The predicted molar refractivity (Wildman–Crippen MR) is 69.7 cm³/mol. The molecule has 7 heteroatoms. The third-order valence-corrected chi connectivity index (χ3v) is 3.56. The Bertz CT molecular complexity index is 569. The Morgan fingerprint density at radius 1 is 1.45 bits per heavy atom. The smallest absolute Gasteiger partial charge is 0.347 e. The number of methoxy groups -OCH3 is 1. The van der Waals surface area contributed by atoms with Gasteiger partial charge in [-0.15, -0.1) is 0 Å². The van der Waals surface area contributed by atoms with E-state index in [0.29, 0.717) is 13.1 Å². The van der Waals surface area contributed by atoms with Crippen LogP contribution in [0.3, 0.4) is 0 Å². The zero-order valence-corrected chi connectivity index (χ0v) is 11.5. The molecule has 108 valence electrons. The van der Waals surface area contributed by atoms with E-state index in [1.807, 2.05) is 6.92 Å². The van der Waals surface area contributed by atoms with E-state index in [2.05, 4.69) is 4.98 Å². The minimum Gasteiger partial charge on any atom is -0.469 e. The average Bonchev–Trinajstić information content (AvgIpc) is 2.82. The van der Waals surface area contributed by atoms with Crippen LogP contribution >= 0.6 is 0 Å². The van der Waals surface area contributed by atoms with E-state index in [4.69, 9.17) is 4.74 Å². The maximum atomic E-state index is 12.2. The summed E-state index contributed by atoms with van der Waals surface area (Å²) in [4.78, 5) is 40.4. The molecule has 0 saturated carbocycles. The highest BCUT2D eigenvalue weighted by molar-refractivity contribution is 5.79. The standard InChI is InChI=1S/C13H17N3O4/c1-9-6-16(7-10(9)12(18)20-2)11(17)8-15-5-3-4-14-13(15)19/h3-5,9-10H,6-8H2,1-2H3. The first-order chi connectivity index (χ1) is 9.52. The molecule has 0 N–H and O–H groups in total. The van der Waals surface area contributed by atoms with Gasteiger partial charge < -0.3 is 9.64 Å². The summed E-state index contributed by atoms with van der Waals surface area (Å²) in [6.45, 7) is 2.67. The molecule has 0 radical (unpaired) electrons. The van der Waals surface area contributed by atoms with Crippen LogP contribution in [0.1, 0.15) is 6.92 Å².